The van der Waals surface area contributed by atoms with Crippen LogP contribution in [0.4, 0.5) is 18.3 Å². The van der Waals surface area contributed by atoms with Gasteiger partial charge in [0, 0.05) is 0 Å². The number of aromatic nitrogens is 2. The maximum absolute atomic E-state index is 13.2. The molecule has 1 amide bonds. The molecule has 2 aromatic heterocycles. The number of aryl methyl sites for hydroxylation is 2. The van der Waals surface area contributed by atoms with Crippen molar-refractivity contribution in [3.63, 3.8) is 0 Å². The first-order valence-corrected chi connectivity index (χ1v) is 6.89. The van der Waals surface area contributed by atoms with Crippen LogP contribution in [-0.2, 0) is 10.4 Å². The molecule has 0 fully saturated rings. The lowest BCUT2D eigenvalue weighted by atomic mass is 9.95. The number of amides is 1. The molecule has 0 bridgehead atoms. The normalized spacial score (nSPS) is 14.6. The molecule has 2 rings (SSSR count). The molecule has 2 aromatic rings. The molecule has 1 unspecified atom stereocenters. The summed E-state index contributed by atoms with van der Waals surface area (Å²) >= 11 is 1.01. The molecule has 22 heavy (non-hydrogen) atoms. The third-order valence-corrected chi connectivity index (χ3v) is 3.56. The van der Waals surface area contributed by atoms with E-state index in [9.17, 15) is 23.1 Å². The summed E-state index contributed by atoms with van der Waals surface area (Å²) in [5.74, 6) is -1.59. The highest BCUT2D eigenvalue weighted by atomic mass is 32.1. The SMILES string of the molecule is Cc1ccc(C(O)(CC(=O)Nc2nnc(C)s2)C(F)(F)F)o1. The summed E-state index contributed by atoms with van der Waals surface area (Å²) in [5, 5.41) is 19.9. The monoisotopic (exact) mass is 335 g/mol. The van der Waals surface area contributed by atoms with Gasteiger partial charge in [-0.3, -0.25) is 4.79 Å². The highest BCUT2D eigenvalue weighted by Gasteiger charge is 2.58. The van der Waals surface area contributed by atoms with E-state index < -0.39 is 29.9 Å². The predicted molar refractivity (Wildman–Crippen MR) is 71.3 cm³/mol. The molecule has 0 aliphatic rings. The van der Waals surface area contributed by atoms with Gasteiger partial charge in [-0.05, 0) is 26.0 Å². The van der Waals surface area contributed by atoms with Gasteiger partial charge >= 0.3 is 6.18 Å². The molecule has 2 N–H and O–H groups in total. The van der Waals surface area contributed by atoms with Crippen LogP contribution in [0.2, 0.25) is 0 Å². The maximum atomic E-state index is 13.2. The van der Waals surface area contributed by atoms with Crippen molar-refractivity contribution in [3.8, 4) is 0 Å². The van der Waals surface area contributed by atoms with Crippen LogP contribution in [0.15, 0.2) is 16.5 Å². The number of hydrogen-bond acceptors (Lipinski definition) is 6. The van der Waals surface area contributed by atoms with Crippen LogP contribution < -0.4 is 5.32 Å². The van der Waals surface area contributed by atoms with Gasteiger partial charge in [-0.1, -0.05) is 11.3 Å². The van der Waals surface area contributed by atoms with Gasteiger partial charge in [0.1, 0.15) is 16.5 Å². The minimum atomic E-state index is -5.08. The Morgan fingerprint density at radius 1 is 1.36 bits per heavy atom. The van der Waals surface area contributed by atoms with Crippen molar-refractivity contribution in [2.75, 3.05) is 5.32 Å². The van der Waals surface area contributed by atoms with Crippen molar-refractivity contribution in [2.45, 2.75) is 32.0 Å². The van der Waals surface area contributed by atoms with E-state index >= 15 is 0 Å². The Hall–Kier alpha value is -1.94. The minimum Gasteiger partial charge on any atom is -0.463 e. The van der Waals surface area contributed by atoms with Crippen LogP contribution in [0.1, 0.15) is 22.9 Å². The van der Waals surface area contributed by atoms with E-state index in [2.05, 4.69) is 15.5 Å². The van der Waals surface area contributed by atoms with E-state index in [4.69, 9.17) is 4.42 Å². The number of aliphatic hydroxyl groups is 1. The average Bonchev–Trinajstić information content (AvgIpc) is 2.97. The lowest BCUT2D eigenvalue weighted by molar-refractivity contribution is -0.272. The molecule has 2 heterocycles. The zero-order valence-corrected chi connectivity index (χ0v) is 12.4. The van der Waals surface area contributed by atoms with Crippen LogP contribution in [0, 0.1) is 13.8 Å². The Morgan fingerprint density at radius 2 is 2.05 bits per heavy atom. The Morgan fingerprint density at radius 3 is 2.50 bits per heavy atom. The third kappa shape index (κ3) is 3.28. The van der Waals surface area contributed by atoms with Gasteiger partial charge in [0.15, 0.2) is 0 Å². The summed E-state index contributed by atoms with van der Waals surface area (Å²) in [4.78, 5) is 11.8. The first kappa shape index (κ1) is 16.4. The minimum absolute atomic E-state index is 0.0580. The molecule has 0 spiro atoms. The fraction of sp³-hybridized carbons (Fsp3) is 0.417. The Bertz CT molecular complexity index is 682. The van der Waals surface area contributed by atoms with Gasteiger partial charge in [0.2, 0.25) is 16.6 Å². The summed E-state index contributed by atoms with van der Waals surface area (Å²) in [5.41, 5.74) is -3.41. The summed E-state index contributed by atoms with van der Waals surface area (Å²) < 4.78 is 44.4. The van der Waals surface area contributed by atoms with E-state index in [0.29, 0.717) is 5.01 Å². The quantitative estimate of drug-likeness (QED) is 0.896. The largest absolute Gasteiger partial charge is 0.463 e. The van der Waals surface area contributed by atoms with Crippen molar-refractivity contribution in [2.24, 2.45) is 0 Å². The van der Waals surface area contributed by atoms with E-state index in [1.165, 1.54) is 13.0 Å². The second kappa shape index (κ2) is 5.69. The molecule has 10 heteroatoms. The second-order valence-electron chi connectivity index (χ2n) is 4.62. The topological polar surface area (TPSA) is 88.2 Å². The van der Waals surface area contributed by atoms with E-state index in [1.807, 2.05) is 0 Å². The van der Waals surface area contributed by atoms with Crippen molar-refractivity contribution in [3.05, 3.63) is 28.7 Å². The first-order valence-electron chi connectivity index (χ1n) is 6.08. The molecule has 0 aliphatic carbocycles. The number of hydrogen-bond donors (Lipinski definition) is 2. The zero-order valence-electron chi connectivity index (χ0n) is 11.6. The number of alkyl halides is 3. The molecule has 0 saturated heterocycles. The highest BCUT2D eigenvalue weighted by Crippen LogP contribution is 2.42. The lowest BCUT2D eigenvalue weighted by Gasteiger charge is -2.27. The summed E-state index contributed by atoms with van der Waals surface area (Å²) in [6, 6.07) is 2.27. The number of furan rings is 1. The second-order valence-corrected chi connectivity index (χ2v) is 5.80. The number of halogens is 3. The molecule has 6 nitrogen and oxygen atoms in total. The van der Waals surface area contributed by atoms with E-state index in [0.717, 1.165) is 17.4 Å². The van der Waals surface area contributed by atoms with Crippen molar-refractivity contribution in [1.29, 1.82) is 0 Å². The van der Waals surface area contributed by atoms with Crippen molar-refractivity contribution in [1.82, 2.24) is 10.2 Å². The van der Waals surface area contributed by atoms with Crippen LogP contribution in [0.5, 0.6) is 0 Å². The van der Waals surface area contributed by atoms with E-state index in [1.54, 1.807) is 6.92 Å². The fourth-order valence-corrected chi connectivity index (χ4v) is 2.33. The van der Waals surface area contributed by atoms with Crippen molar-refractivity contribution >= 4 is 22.4 Å². The standard InChI is InChI=1S/C12H12F3N3O3S/c1-6-3-4-8(21-6)11(20,12(13,14)15)5-9(19)16-10-18-17-7(2)22-10/h3-4,20H,5H2,1-2H3,(H,16,18,19). The van der Waals surface area contributed by atoms with Gasteiger partial charge < -0.3 is 14.8 Å². The molecule has 120 valence electrons. The van der Waals surface area contributed by atoms with Gasteiger partial charge in [0.05, 0.1) is 6.42 Å². The third-order valence-electron chi connectivity index (χ3n) is 2.81. The van der Waals surface area contributed by atoms with Gasteiger partial charge in [-0.2, -0.15) is 13.2 Å². The maximum Gasteiger partial charge on any atom is 0.425 e. The van der Waals surface area contributed by atoms with E-state index in [-0.39, 0.29) is 10.9 Å². The molecular formula is C12H12F3N3O3S. The van der Waals surface area contributed by atoms with Crippen LogP contribution in [0.3, 0.4) is 0 Å². The zero-order chi connectivity index (χ0) is 16.5. The highest BCUT2D eigenvalue weighted by molar-refractivity contribution is 7.15. The molecule has 0 radical (unpaired) electrons. The average molecular weight is 335 g/mol. The first-order chi connectivity index (χ1) is 10.1. The number of rotatable bonds is 4. The number of carbonyl (C=O) groups excluding carboxylic acids is 1. The smallest absolute Gasteiger partial charge is 0.425 e. The van der Waals surface area contributed by atoms with Gasteiger partial charge in [0.25, 0.3) is 0 Å². The lowest BCUT2D eigenvalue weighted by Crippen LogP contribution is -2.44. The molecule has 0 saturated carbocycles. The fourth-order valence-electron chi connectivity index (χ4n) is 1.73. The van der Waals surface area contributed by atoms with Gasteiger partial charge in [-0.25, -0.2) is 0 Å². The molecular weight excluding hydrogens is 323 g/mol. The summed E-state index contributed by atoms with van der Waals surface area (Å²) in [6.45, 7) is 3.06. The number of nitrogens with one attached hydrogen (secondary N) is 1. The predicted octanol–water partition coefficient (Wildman–Crippen LogP) is 2.53. The summed E-state index contributed by atoms with van der Waals surface area (Å²) in [6.07, 6.45) is -6.33. The van der Waals surface area contributed by atoms with Crippen LogP contribution in [0.25, 0.3) is 0 Å². The molecule has 0 aromatic carbocycles. The Balaban J connectivity index is 2.22. The number of nitrogens with zero attached hydrogens (tertiary/aromatic N) is 2. The van der Waals surface area contributed by atoms with Crippen LogP contribution in [-0.4, -0.2) is 27.4 Å². The Labute approximate surface area is 127 Å². The summed E-state index contributed by atoms with van der Waals surface area (Å²) in [7, 11) is 0. The molecule has 0 aliphatic heterocycles. The van der Waals surface area contributed by atoms with Crippen LogP contribution >= 0.6 is 11.3 Å². The Kier molecular flexibility index (Phi) is 4.25. The van der Waals surface area contributed by atoms with Gasteiger partial charge in [-0.15, -0.1) is 10.2 Å². The number of anilines is 1. The van der Waals surface area contributed by atoms with Crippen molar-refractivity contribution < 1.29 is 27.5 Å². The molecule has 1 atom stereocenters. The number of carbonyl (C=O) groups is 1.